The van der Waals surface area contributed by atoms with Crippen LogP contribution in [0.1, 0.15) is 57.9 Å². The van der Waals surface area contributed by atoms with Gasteiger partial charge in [0.2, 0.25) is 0 Å². The van der Waals surface area contributed by atoms with Crippen molar-refractivity contribution >= 4 is 5.91 Å². The average molecular weight is 309 g/mol. The number of amides is 1. The first-order chi connectivity index (χ1) is 10.9. The highest BCUT2D eigenvalue weighted by Crippen LogP contribution is 2.31. The largest absolute Gasteiger partial charge is 0.508 e. The zero-order valence-electron chi connectivity index (χ0n) is 14.2. The van der Waals surface area contributed by atoms with Gasteiger partial charge in [0.1, 0.15) is 5.75 Å². The van der Waals surface area contributed by atoms with Crippen LogP contribution < -0.4 is 0 Å². The third kappa shape index (κ3) is 2.83. The lowest BCUT2D eigenvalue weighted by atomic mass is 9.96. The summed E-state index contributed by atoms with van der Waals surface area (Å²) in [6, 6.07) is 9.92. The van der Waals surface area contributed by atoms with E-state index in [1.165, 1.54) is 16.7 Å². The average Bonchev–Trinajstić information content (AvgIpc) is 2.89. The number of nitrogens with zero attached hydrogens (tertiary/aromatic N) is 1. The Balaban J connectivity index is 1.92. The van der Waals surface area contributed by atoms with Crippen molar-refractivity contribution in [2.24, 2.45) is 0 Å². The van der Waals surface area contributed by atoms with E-state index in [4.69, 9.17) is 0 Å². The van der Waals surface area contributed by atoms with E-state index in [1.54, 1.807) is 6.07 Å². The van der Waals surface area contributed by atoms with Crippen molar-refractivity contribution in [2.75, 3.05) is 0 Å². The van der Waals surface area contributed by atoms with Crippen molar-refractivity contribution in [2.45, 2.75) is 46.7 Å². The molecule has 1 aliphatic rings. The van der Waals surface area contributed by atoms with E-state index in [9.17, 15) is 9.90 Å². The van der Waals surface area contributed by atoms with Gasteiger partial charge in [-0.3, -0.25) is 4.79 Å². The summed E-state index contributed by atoms with van der Waals surface area (Å²) in [5.74, 6) is 0.494. The molecule has 3 heteroatoms. The second-order valence-corrected chi connectivity index (χ2v) is 6.81. The van der Waals surface area contributed by atoms with Crippen LogP contribution in [0, 0.1) is 13.8 Å². The minimum absolute atomic E-state index is 0.0400. The van der Waals surface area contributed by atoms with Crippen molar-refractivity contribution < 1.29 is 9.90 Å². The summed E-state index contributed by atoms with van der Waals surface area (Å²) in [5, 5.41) is 10.1. The number of rotatable bonds is 2. The lowest BCUT2D eigenvalue weighted by Crippen LogP contribution is -2.26. The fourth-order valence-electron chi connectivity index (χ4n) is 3.24. The first kappa shape index (κ1) is 15.6. The van der Waals surface area contributed by atoms with Crippen molar-refractivity contribution in [1.82, 2.24) is 4.90 Å². The summed E-state index contributed by atoms with van der Waals surface area (Å²) in [6.07, 6.45) is 0. The molecule has 1 heterocycles. The molecule has 0 aliphatic carbocycles. The van der Waals surface area contributed by atoms with Crippen molar-refractivity contribution in [3.63, 3.8) is 0 Å². The molecule has 0 radical (unpaired) electrons. The number of benzene rings is 2. The topological polar surface area (TPSA) is 40.5 Å². The highest BCUT2D eigenvalue weighted by molar-refractivity contribution is 5.96. The van der Waals surface area contributed by atoms with Crippen molar-refractivity contribution in [3.05, 3.63) is 63.7 Å². The van der Waals surface area contributed by atoms with Crippen molar-refractivity contribution in [1.29, 1.82) is 0 Å². The molecule has 0 aromatic heterocycles. The van der Waals surface area contributed by atoms with Gasteiger partial charge in [-0.1, -0.05) is 37.6 Å². The zero-order valence-corrected chi connectivity index (χ0v) is 14.2. The van der Waals surface area contributed by atoms with E-state index in [0.29, 0.717) is 18.7 Å². The molecule has 0 spiro atoms. The van der Waals surface area contributed by atoms with Crippen LogP contribution in [0.25, 0.3) is 0 Å². The molecule has 0 fully saturated rings. The molecule has 2 aromatic carbocycles. The molecule has 120 valence electrons. The molecule has 3 nitrogen and oxygen atoms in total. The fourth-order valence-corrected chi connectivity index (χ4v) is 3.24. The molecule has 0 atom stereocenters. The van der Waals surface area contributed by atoms with Crippen LogP contribution in [0.15, 0.2) is 30.3 Å². The number of aromatic hydroxyl groups is 1. The Bertz CT molecular complexity index is 777. The Morgan fingerprint density at radius 3 is 2.48 bits per heavy atom. The van der Waals surface area contributed by atoms with Crippen LogP contribution in [0.3, 0.4) is 0 Å². The fraction of sp³-hybridized carbons (Fsp3) is 0.350. The molecule has 0 saturated heterocycles. The predicted octanol–water partition coefficient (Wildman–Crippen LogP) is 4.29. The first-order valence-corrected chi connectivity index (χ1v) is 8.08. The van der Waals surface area contributed by atoms with Crippen molar-refractivity contribution in [3.8, 4) is 5.75 Å². The molecular weight excluding hydrogens is 286 g/mol. The van der Waals surface area contributed by atoms with Crippen LogP contribution in [-0.4, -0.2) is 15.9 Å². The number of aryl methyl sites for hydroxylation is 2. The second kappa shape index (κ2) is 5.73. The molecule has 1 amide bonds. The summed E-state index contributed by atoms with van der Waals surface area (Å²) in [5.41, 5.74) is 6.02. The number of phenols is 1. The molecule has 23 heavy (non-hydrogen) atoms. The van der Waals surface area contributed by atoms with E-state index < -0.39 is 0 Å². The molecule has 3 rings (SSSR count). The molecule has 0 bridgehead atoms. The third-order valence-electron chi connectivity index (χ3n) is 4.60. The van der Waals surface area contributed by atoms with Gasteiger partial charge in [0.25, 0.3) is 5.91 Å². The van der Waals surface area contributed by atoms with Crippen LogP contribution in [-0.2, 0) is 13.1 Å². The van der Waals surface area contributed by atoms with Gasteiger partial charge in [0.05, 0.1) is 0 Å². The van der Waals surface area contributed by atoms with Crippen LogP contribution >= 0.6 is 0 Å². The molecule has 1 aliphatic heterocycles. The maximum atomic E-state index is 13.0. The molecule has 2 aromatic rings. The number of carbonyl (C=O) groups excluding carboxylic acids is 1. The van der Waals surface area contributed by atoms with Gasteiger partial charge < -0.3 is 10.0 Å². The molecular formula is C20H23NO2. The molecule has 0 saturated carbocycles. The summed E-state index contributed by atoms with van der Waals surface area (Å²) in [7, 11) is 0. The Hall–Kier alpha value is -2.29. The SMILES string of the molecule is Cc1ccc2c(c1)CN(C(=O)c1cc(C(C)C)c(O)cc1C)C2. The highest BCUT2D eigenvalue weighted by Gasteiger charge is 2.26. The Labute approximate surface area is 137 Å². The molecule has 0 unspecified atom stereocenters. The van der Waals surface area contributed by atoms with Crippen LogP contribution in [0.2, 0.25) is 0 Å². The number of carbonyl (C=O) groups is 1. The lowest BCUT2D eigenvalue weighted by molar-refractivity contribution is 0.0750. The quantitative estimate of drug-likeness (QED) is 0.899. The van der Waals surface area contributed by atoms with Gasteiger partial charge in [-0.25, -0.2) is 0 Å². The number of hydrogen-bond acceptors (Lipinski definition) is 2. The van der Waals surface area contributed by atoms with Gasteiger partial charge in [0.15, 0.2) is 0 Å². The number of fused-ring (bicyclic) bond motifs is 1. The minimum Gasteiger partial charge on any atom is -0.508 e. The smallest absolute Gasteiger partial charge is 0.254 e. The predicted molar refractivity (Wildman–Crippen MR) is 91.7 cm³/mol. The summed E-state index contributed by atoms with van der Waals surface area (Å²) in [6.45, 7) is 9.31. The Morgan fingerprint density at radius 2 is 1.78 bits per heavy atom. The number of phenolic OH excluding ortho intramolecular Hbond substituents is 1. The van der Waals surface area contributed by atoms with Crippen LogP contribution in [0.5, 0.6) is 5.75 Å². The minimum atomic E-state index is 0.0400. The number of hydrogen-bond donors (Lipinski definition) is 1. The first-order valence-electron chi connectivity index (χ1n) is 8.08. The van der Waals surface area contributed by atoms with E-state index in [2.05, 4.69) is 25.1 Å². The highest BCUT2D eigenvalue weighted by atomic mass is 16.3. The Kier molecular flexibility index (Phi) is 3.88. The van der Waals surface area contributed by atoms with Gasteiger partial charge in [-0.2, -0.15) is 0 Å². The van der Waals surface area contributed by atoms with Gasteiger partial charge in [-0.05, 0) is 54.2 Å². The normalized spacial score (nSPS) is 13.5. The second-order valence-electron chi connectivity index (χ2n) is 6.81. The monoisotopic (exact) mass is 309 g/mol. The summed E-state index contributed by atoms with van der Waals surface area (Å²) >= 11 is 0. The molecule has 1 N–H and O–H groups in total. The lowest BCUT2D eigenvalue weighted by Gasteiger charge is -2.19. The maximum absolute atomic E-state index is 13.0. The van der Waals surface area contributed by atoms with E-state index in [1.807, 2.05) is 31.7 Å². The maximum Gasteiger partial charge on any atom is 0.254 e. The standard InChI is InChI=1S/C20H23NO2/c1-12(2)17-9-18(14(4)8-19(17)22)20(23)21-10-15-6-5-13(3)7-16(15)11-21/h5-9,12,22H,10-11H2,1-4H3. The summed E-state index contributed by atoms with van der Waals surface area (Å²) < 4.78 is 0. The van der Waals surface area contributed by atoms with Gasteiger partial charge >= 0.3 is 0 Å². The van der Waals surface area contributed by atoms with Crippen LogP contribution in [0.4, 0.5) is 0 Å². The third-order valence-corrected chi connectivity index (χ3v) is 4.60. The van der Waals surface area contributed by atoms with Gasteiger partial charge in [0, 0.05) is 18.7 Å². The van der Waals surface area contributed by atoms with E-state index in [-0.39, 0.29) is 17.6 Å². The zero-order chi connectivity index (χ0) is 16.7. The van der Waals surface area contributed by atoms with Gasteiger partial charge in [-0.15, -0.1) is 0 Å². The van der Waals surface area contributed by atoms with E-state index >= 15 is 0 Å². The van der Waals surface area contributed by atoms with E-state index in [0.717, 1.165) is 11.1 Å². The Morgan fingerprint density at radius 1 is 1.09 bits per heavy atom. The summed E-state index contributed by atoms with van der Waals surface area (Å²) in [4.78, 5) is 14.8.